The van der Waals surface area contributed by atoms with Gasteiger partial charge in [0.25, 0.3) is 0 Å². The van der Waals surface area contributed by atoms with Gasteiger partial charge in [-0.15, -0.1) is 0 Å². The lowest BCUT2D eigenvalue weighted by molar-refractivity contribution is -0.0985. The third-order valence-electron chi connectivity index (χ3n) is 9.28. The number of anilines is 3. The minimum atomic E-state index is -0.192. The van der Waals surface area contributed by atoms with E-state index in [9.17, 15) is 10.1 Å². The number of benzene rings is 2. The fourth-order valence-electron chi connectivity index (χ4n) is 6.50. The molecule has 2 amide bonds. The molecule has 11 heteroatoms. The number of carbonyl (C=O) groups is 1. The number of ether oxygens (including phenoxy) is 1. The molecule has 2 N–H and O–H groups in total. The summed E-state index contributed by atoms with van der Waals surface area (Å²) in [6.07, 6.45) is 15.1. The van der Waals surface area contributed by atoms with Crippen molar-refractivity contribution in [1.29, 1.82) is 5.26 Å². The first-order valence-corrected chi connectivity index (χ1v) is 17.2. The number of rotatable bonds is 14. The number of urea groups is 1. The Bertz CT molecular complexity index is 1760. The molecule has 2 aliphatic heterocycles. The monoisotopic (exact) mass is 659 g/mol. The Morgan fingerprint density at radius 1 is 1.12 bits per heavy atom. The van der Waals surface area contributed by atoms with Gasteiger partial charge in [-0.05, 0) is 55.4 Å². The first kappa shape index (κ1) is 33.7. The number of hydrogen-bond donors (Lipinski definition) is 2. The van der Waals surface area contributed by atoms with Crippen LogP contribution in [0.3, 0.4) is 0 Å². The van der Waals surface area contributed by atoms with Crippen LogP contribution in [0.15, 0.2) is 85.5 Å². The Hall–Kier alpha value is -5.21. The van der Waals surface area contributed by atoms with Gasteiger partial charge in [0.05, 0.1) is 31.3 Å². The topological polar surface area (TPSA) is 124 Å². The Morgan fingerprint density at radius 2 is 1.94 bits per heavy atom. The van der Waals surface area contributed by atoms with E-state index < -0.39 is 0 Å². The van der Waals surface area contributed by atoms with Gasteiger partial charge in [-0.2, -0.15) is 15.3 Å². The van der Waals surface area contributed by atoms with Crippen LogP contribution in [-0.4, -0.2) is 58.1 Å². The van der Waals surface area contributed by atoms with E-state index in [1.54, 1.807) is 15.8 Å². The molecular weight excluding hydrogens is 614 g/mol. The summed E-state index contributed by atoms with van der Waals surface area (Å²) in [5.41, 5.74) is 4.58. The highest BCUT2D eigenvalue weighted by atomic mass is 16.5. The number of aromatic nitrogens is 4. The molecule has 0 unspecified atom stereocenters. The Labute approximate surface area is 288 Å². The van der Waals surface area contributed by atoms with Gasteiger partial charge in [0.2, 0.25) is 5.95 Å². The molecule has 2 fully saturated rings. The standard InChI is InChI=1S/C38H45N9O2/c1-3-10-33(43-36-40-23-31(21-39)35(44-36)46-20-18-38(26-46)27-49-28-38)13-8-5-9-19-47(37(48)41-22-29-11-6-4-7-12-29)34-16-14-30(15-17-34)32-24-42-45(2)25-32/h4,6-7,9,11-12,14-17,19,23-25,33H,3,5,8,10,13,18,20,22,26-28H2,1-2H3,(H,41,48)(H,40,43,44)/b19-9+/t33-/m1/s1. The number of allylic oxidation sites excluding steroid dienone is 1. The van der Waals surface area contributed by atoms with Gasteiger partial charge in [-0.3, -0.25) is 9.58 Å². The third-order valence-corrected chi connectivity index (χ3v) is 9.28. The smallest absolute Gasteiger partial charge is 0.326 e. The minimum Gasteiger partial charge on any atom is -0.380 e. The van der Waals surface area contributed by atoms with Crippen LogP contribution in [-0.2, 0) is 18.3 Å². The van der Waals surface area contributed by atoms with Gasteiger partial charge in [-0.25, -0.2) is 9.78 Å². The fourth-order valence-corrected chi connectivity index (χ4v) is 6.50. The minimum absolute atomic E-state index is 0.189. The maximum Gasteiger partial charge on any atom is 0.326 e. The number of carbonyl (C=O) groups excluding carboxylic acids is 1. The number of nitriles is 1. The molecule has 4 heterocycles. The van der Waals surface area contributed by atoms with E-state index in [-0.39, 0.29) is 17.5 Å². The second-order valence-electron chi connectivity index (χ2n) is 13.1. The normalized spacial score (nSPS) is 15.6. The molecule has 11 nitrogen and oxygen atoms in total. The molecular formula is C38H45N9O2. The second-order valence-corrected chi connectivity index (χ2v) is 13.1. The number of amides is 2. The van der Waals surface area contributed by atoms with Gasteiger partial charge in [-0.1, -0.05) is 61.9 Å². The van der Waals surface area contributed by atoms with E-state index in [1.165, 1.54) is 0 Å². The van der Waals surface area contributed by atoms with Gasteiger partial charge in [0.15, 0.2) is 5.82 Å². The molecule has 6 rings (SSSR count). The predicted molar refractivity (Wildman–Crippen MR) is 192 cm³/mol. The van der Waals surface area contributed by atoms with Crippen molar-refractivity contribution in [2.24, 2.45) is 12.5 Å². The van der Waals surface area contributed by atoms with E-state index in [2.05, 4.69) is 44.7 Å². The summed E-state index contributed by atoms with van der Waals surface area (Å²) in [5, 5.41) is 20.6. The van der Waals surface area contributed by atoms with Crippen molar-refractivity contribution in [3.05, 3.63) is 96.6 Å². The summed E-state index contributed by atoms with van der Waals surface area (Å²) < 4.78 is 7.26. The number of unbranched alkanes of at least 4 members (excludes halogenated alkanes) is 1. The highest BCUT2D eigenvalue weighted by Crippen LogP contribution is 2.39. The van der Waals surface area contributed by atoms with E-state index in [4.69, 9.17) is 9.72 Å². The first-order valence-electron chi connectivity index (χ1n) is 17.2. The lowest BCUT2D eigenvalue weighted by Gasteiger charge is -2.37. The second kappa shape index (κ2) is 15.8. The van der Waals surface area contributed by atoms with Crippen molar-refractivity contribution >= 4 is 23.5 Å². The quantitative estimate of drug-likeness (QED) is 0.144. The van der Waals surface area contributed by atoms with Crippen LogP contribution >= 0.6 is 0 Å². The Kier molecular flexibility index (Phi) is 10.9. The summed E-state index contributed by atoms with van der Waals surface area (Å²) in [4.78, 5) is 26.7. The summed E-state index contributed by atoms with van der Waals surface area (Å²) in [5.74, 6) is 1.27. The lowest BCUT2D eigenvalue weighted by Crippen LogP contribution is -2.44. The predicted octanol–water partition coefficient (Wildman–Crippen LogP) is 6.66. The number of aryl methyl sites for hydroxylation is 1. The molecule has 254 valence electrons. The van der Waals surface area contributed by atoms with Gasteiger partial charge < -0.3 is 20.3 Å². The molecule has 0 aliphatic carbocycles. The molecule has 2 aromatic heterocycles. The zero-order valence-corrected chi connectivity index (χ0v) is 28.4. The average Bonchev–Trinajstić information content (AvgIpc) is 3.77. The third kappa shape index (κ3) is 8.45. The van der Waals surface area contributed by atoms with Crippen molar-refractivity contribution in [3.63, 3.8) is 0 Å². The Balaban J connectivity index is 1.08. The largest absolute Gasteiger partial charge is 0.380 e. The number of hydrogen-bond acceptors (Lipinski definition) is 8. The number of nitrogens with zero attached hydrogens (tertiary/aromatic N) is 7. The fraction of sp³-hybridized carbons (Fsp3) is 0.395. The SMILES string of the molecule is CCC[C@H](CCC/C=C/N(C(=O)NCc1ccccc1)c1ccc(-c2cnn(C)c2)cc1)Nc1ncc(C#N)c(N2CCC3(COC3)C2)n1. The molecule has 0 radical (unpaired) electrons. The van der Waals surface area contributed by atoms with Crippen LogP contribution in [0.2, 0.25) is 0 Å². The summed E-state index contributed by atoms with van der Waals surface area (Å²) in [6.45, 7) is 5.91. The maximum atomic E-state index is 13.5. The van der Waals surface area contributed by atoms with Crippen LogP contribution in [0.4, 0.5) is 22.2 Å². The number of nitrogens with one attached hydrogen (secondary N) is 2. The molecule has 1 atom stereocenters. The summed E-state index contributed by atoms with van der Waals surface area (Å²) in [6, 6.07) is 20.1. The summed E-state index contributed by atoms with van der Waals surface area (Å²) >= 11 is 0. The molecule has 0 bridgehead atoms. The van der Waals surface area contributed by atoms with Crippen molar-refractivity contribution in [2.45, 2.75) is 58.0 Å². The van der Waals surface area contributed by atoms with Gasteiger partial charge >= 0.3 is 6.03 Å². The molecule has 2 aliphatic rings. The lowest BCUT2D eigenvalue weighted by atomic mass is 9.85. The zero-order valence-electron chi connectivity index (χ0n) is 28.4. The van der Waals surface area contributed by atoms with Crippen molar-refractivity contribution in [1.82, 2.24) is 25.1 Å². The van der Waals surface area contributed by atoms with E-state index >= 15 is 0 Å². The first-order chi connectivity index (χ1) is 23.9. The van der Waals surface area contributed by atoms with E-state index in [1.807, 2.05) is 80.2 Å². The molecule has 0 saturated carbocycles. The molecule has 1 spiro atoms. The Morgan fingerprint density at radius 3 is 2.61 bits per heavy atom. The molecule has 49 heavy (non-hydrogen) atoms. The van der Waals surface area contributed by atoms with Crippen LogP contribution in [0, 0.1) is 16.7 Å². The van der Waals surface area contributed by atoms with Crippen LogP contribution < -0.4 is 20.4 Å². The average molecular weight is 660 g/mol. The van der Waals surface area contributed by atoms with Crippen LogP contribution in [0.1, 0.15) is 56.6 Å². The van der Waals surface area contributed by atoms with Crippen molar-refractivity contribution < 1.29 is 9.53 Å². The van der Waals surface area contributed by atoms with Crippen molar-refractivity contribution in [3.8, 4) is 17.2 Å². The zero-order chi connectivity index (χ0) is 34.1. The van der Waals surface area contributed by atoms with Crippen molar-refractivity contribution in [2.75, 3.05) is 41.4 Å². The van der Waals surface area contributed by atoms with Crippen LogP contribution in [0.25, 0.3) is 11.1 Å². The molecule has 2 saturated heterocycles. The highest BCUT2D eigenvalue weighted by Gasteiger charge is 2.45. The van der Waals surface area contributed by atoms with E-state index in [0.717, 1.165) is 87.2 Å². The maximum absolute atomic E-state index is 13.5. The molecule has 2 aromatic carbocycles. The highest BCUT2D eigenvalue weighted by molar-refractivity contribution is 5.94. The van der Waals surface area contributed by atoms with E-state index in [0.29, 0.717) is 23.9 Å². The van der Waals surface area contributed by atoms with Gasteiger partial charge in [0.1, 0.15) is 11.6 Å². The van der Waals surface area contributed by atoms with Gasteiger partial charge in [0, 0.05) is 56.1 Å². The molecule has 4 aromatic rings. The van der Waals surface area contributed by atoms with Crippen LogP contribution in [0.5, 0.6) is 0 Å². The summed E-state index contributed by atoms with van der Waals surface area (Å²) in [7, 11) is 1.90.